The fourth-order valence-electron chi connectivity index (χ4n) is 4.36. The second-order valence-corrected chi connectivity index (χ2v) is 7.89. The van der Waals surface area contributed by atoms with Crippen LogP contribution < -0.4 is 4.74 Å². The molecule has 0 N–H and O–H groups in total. The van der Waals surface area contributed by atoms with Gasteiger partial charge in [-0.1, -0.05) is 18.9 Å². The van der Waals surface area contributed by atoms with Gasteiger partial charge < -0.3 is 14.5 Å². The van der Waals surface area contributed by atoms with E-state index in [1.807, 2.05) is 35.8 Å². The van der Waals surface area contributed by atoms with Crippen LogP contribution in [0.25, 0.3) is 0 Å². The molecule has 0 unspecified atom stereocenters. The van der Waals surface area contributed by atoms with Gasteiger partial charge in [0.2, 0.25) is 11.8 Å². The average Bonchev–Trinajstić information content (AvgIpc) is 3.09. The van der Waals surface area contributed by atoms with Gasteiger partial charge in [0.15, 0.2) is 0 Å². The molecule has 5 heteroatoms. The van der Waals surface area contributed by atoms with Gasteiger partial charge in [-0.2, -0.15) is 0 Å². The SMILES string of the molecule is COc1ccc(CC(=O)N2CCCN(C(=O)C3CCCC3)CC2)c(C)c1C. The minimum Gasteiger partial charge on any atom is -0.496 e. The summed E-state index contributed by atoms with van der Waals surface area (Å²) in [6.07, 6.45) is 5.70. The van der Waals surface area contributed by atoms with Gasteiger partial charge in [0, 0.05) is 32.1 Å². The number of ether oxygens (including phenoxy) is 1. The first-order valence-electron chi connectivity index (χ1n) is 10.2. The maximum Gasteiger partial charge on any atom is 0.227 e. The zero-order valence-electron chi connectivity index (χ0n) is 16.9. The summed E-state index contributed by atoms with van der Waals surface area (Å²) < 4.78 is 5.36. The van der Waals surface area contributed by atoms with Gasteiger partial charge in [0.1, 0.15) is 5.75 Å². The highest BCUT2D eigenvalue weighted by Crippen LogP contribution is 2.27. The Morgan fingerprint density at radius 3 is 2.33 bits per heavy atom. The van der Waals surface area contributed by atoms with Crippen LogP contribution in [-0.2, 0) is 16.0 Å². The Bertz CT molecular complexity index is 695. The Kier molecular flexibility index (Phi) is 6.40. The summed E-state index contributed by atoms with van der Waals surface area (Å²) in [5.74, 6) is 1.54. The van der Waals surface area contributed by atoms with Crippen LogP contribution in [0.3, 0.4) is 0 Å². The van der Waals surface area contributed by atoms with E-state index in [4.69, 9.17) is 4.74 Å². The maximum absolute atomic E-state index is 12.9. The standard InChI is InChI=1S/C22H32N2O3/c1-16-17(2)20(27-3)10-9-19(16)15-21(25)23-11-6-12-24(14-13-23)22(26)18-7-4-5-8-18/h9-10,18H,4-8,11-15H2,1-3H3. The van der Waals surface area contributed by atoms with Crippen LogP contribution in [0.5, 0.6) is 5.75 Å². The summed E-state index contributed by atoms with van der Waals surface area (Å²) in [5, 5.41) is 0. The van der Waals surface area contributed by atoms with Crippen molar-refractivity contribution in [2.24, 2.45) is 5.92 Å². The lowest BCUT2D eigenvalue weighted by atomic mass is 9.99. The Morgan fingerprint density at radius 2 is 1.63 bits per heavy atom. The number of benzene rings is 1. The van der Waals surface area contributed by atoms with E-state index in [0.29, 0.717) is 25.4 Å². The van der Waals surface area contributed by atoms with E-state index in [1.54, 1.807) is 7.11 Å². The van der Waals surface area contributed by atoms with Crippen LogP contribution in [0.1, 0.15) is 48.8 Å². The van der Waals surface area contributed by atoms with Gasteiger partial charge >= 0.3 is 0 Å². The lowest BCUT2D eigenvalue weighted by molar-refractivity contribution is -0.136. The first-order valence-corrected chi connectivity index (χ1v) is 10.2. The first kappa shape index (κ1) is 19.7. The first-order chi connectivity index (χ1) is 13.0. The Morgan fingerprint density at radius 1 is 0.963 bits per heavy atom. The minimum atomic E-state index is 0.151. The summed E-state index contributed by atoms with van der Waals surface area (Å²) in [6.45, 7) is 6.90. The van der Waals surface area contributed by atoms with Crippen molar-refractivity contribution >= 4 is 11.8 Å². The predicted octanol–water partition coefficient (Wildman–Crippen LogP) is 3.11. The molecule has 1 heterocycles. The topological polar surface area (TPSA) is 49.9 Å². The highest BCUT2D eigenvalue weighted by Gasteiger charge is 2.29. The van der Waals surface area contributed by atoms with Crippen molar-refractivity contribution in [2.75, 3.05) is 33.3 Å². The van der Waals surface area contributed by atoms with Gasteiger partial charge in [0.25, 0.3) is 0 Å². The number of carbonyl (C=O) groups excluding carboxylic acids is 2. The zero-order chi connectivity index (χ0) is 19.4. The second-order valence-electron chi connectivity index (χ2n) is 7.89. The molecule has 0 aromatic heterocycles. The molecule has 0 radical (unpaired) electrons. The molecule has 0 bridgehead atoms. The molecule has 1 saturated carbocycles. The molecule has 148 valence electrons. The van der Waals surface area contributed by atoms with Gasteiger partial charge in [-0.3, -0.25) is 9.59 Å². The Labute approximate surface area is 162 Å². The Balaban J connectivity index is 1.59. The third-order valence-electron chi connectivity index (χ3n) is 6.28. The van der Waals surface area contributed by atoms with E-state index in [-0.39, 0.29) is 11.8 Å². The quantitative estimate of drug-likeness (QED) is 0.816. The summed E-state index contributed by atoms with van der Waals surface area (Å²) in [6, 6.07) is 3.93. The van der Waals surface area contributed by atoms with E-state index in [0.717, 1.165) is 54.8 Å². The Hall–Kier alpha value is -2.04. The minimum absolute atomic E-state index is 0.151. The number of hydrogen-bond donors (Lipinski definition) is 0. The molecule has 1 aliphatic heterocycles. The van der Waals surface area contributed by atoms with Gasteiger partial charge in [-0.05, 0) is 55.9 Å². The van der Waals surface area contributed by atoms with Crippen molar-refractivity contribution in [1.29, 1.82) is 0 Å². The van der Waals surface area contributed by atoms with Crippen molar-refractivity contribution in [2.45, 2.75) is 52.4 Å². The number of hydrogen-bond acceptors (Lipinski definition) is 3. The van der Waals surface area contributed by atoms with Crippen molar-refractivity contribution in [3.63, 3.8) is 0 Å². The molecule has 0 atom stereocenters. The van der Waals surface area contributed by atoms with Crippen molar-refractivity contribution < 1.29 is 14.3 Å². The summed E-state index contributed by atoms with van der Waals surface area (Å²) in [7, 11) is 1.67. The zero-order valence-corrected chi connectivity index (χ0v) is 16.9. The molecule has 1 aliphatic carbocycles. The number of carbonyl (C=O) groups is 2. The van der Waals surface area contributed by atoms with Crippen LogP contribution >= 0.6 is 0 Å². The molecular weight excluding hydrogens is 340 g/mol. The molecule has 2 amide bonds. The smallest absolute Gasteiger partial charge is 0.227 e. The van der Waals surface area contributed by atoms with E-state index in [2.05, 4.69) is 0 Å². The van der Waals surface area contributed by atoms with Crippen molar-refractivity contribution in [3.05, 3.63) is 28.8 Å². The van der Waals surface area contributed by atoms with E-state index in [1.165, 1.54) is 12.8 Å². The molecule has 1 saturated heterocycles. The maximum atomic E-state index is 12.9. The predicted molar refractivity (Wildman–Crippen MR) is 106 cm³/mol. The number of methoxy groups -OCH3 is 1. The second kappa shape index (κ2) is 8.77. The molecule has 2 aliphatic rings. The molecule has 27 heavy (non-hydrogen) atoms. The van der Waals surface area contributed by atoms with Crippen LogP contribution in [0.15, 0.2) is 12.1 Å². The highest BCUT2D eigenvalue weighted by molar-refractivity contribution is 5.81. The summed E-state index contributed by atoms with van der Waals surface area (Å²) >= 11 is 0. The lowest BCUT2D eigenvalue weighted by Gasteiger charge is -2.24. The van der Waals surface area contributed by atoms with Crippen LogP contribution in [0.4, 0.5) is 0 Å². The van der Waals surface area contributed by atoms with Crippen molar-refractivity contribution in [3.8, 4) is 5.75 Å². The largest absolute Gasteiger partial charge is 0.496 e. The highest BCUT2D eigenvalue weighted by atomic mass is 16.5. The van der Waals surface area contributed by atoms with Crippen LogP contribution in [-0.4, -0.2) is 54.9 Å². The average molecular weight is 373 g/mol. The molecule has 5 nitrogen and oxygen atoms in total. The van der Waals surface area contributed by atoms with Gasteiger partial charge in [-0.25, -0.2) is 0 Å². The molecule has 3 rings (SSSR count). The van der Waals surface area contributed by atoms with Gasteiger partial charge in [-0.15, -0.1) is 0 Å². The number of amides is 2. The van der Waals surface area contributed by atoms with E-state index in [9.17, 15) is 9.59 Å². The molecule has 0 spiro atoms. The van der Waals surface area contributed by atoms with Crippen LogP contribution in [0.2, 0.25) is 0 Å². The van der Waals surface area contributed by atoms with Crippen molar-refractivity contribution in [1.82, 2.24) is 9.80 Å². The van der Waals surface area contributed by atoms with Crippen LogP contribution in [0, 0.1) is 19.8 Å². The van der Waals surface area contributed by atoms with Gasteiger partial charge in [0.05, 0.1) is 13.5 Å². The number of rotatable bonds is 4. The third-order valence-corrected chi connectivity index (χ3v) is 6.28. The van der Waals surface area contributed by atoms with E-state index >= 15 is 0 Å². The lowest BCUT2D eigenvalue weighted by Crippen LogP contribution is -2.39. The number of nitrogens with zero attached hydrogens (tertiary/aromatic N) is 2. The monoisotopic (exact) mass is 372 g/mol. The molecule has 1 aromatic rings. The summed E-state index contributed by atoms with van der Waals surface area (Å²) in [4.78, 5) is 29.5. The fraction of sp³-hybridized carbons (Fsp3) is 0.636. The molecular formula is C22H32N2O3. The molecule has 2 fully saturated rings. The summed E-state index contributed by atoms with van der Waals surface area (Å²) in [5.41, 5.74) is 3.27. The van der Waals surface area contributed by atoms with E-state index < -0.39 is 0 Å². The fourth-order valence-corrected chi connectivity index (χ4v) is 4.36. The molecule has 1 aromatic carbocycles. The third kappa shape index (κ3) is 4.45. The normalized spacial score (nSPS) is 18.5.